The predicted octanol–water partition coefficient (Wildman–Crippen LogP) is 4.22. The number of para-hydroxylation sites is 1. The number of carbonyl (C=O) groups is 1. The summed E-state index contributed by atoms with van der Waals surface area (Å²) in [6.45, 7) is 6.26. The molecule has 0 atom stereocenters. The third-order valence-electron chi connectivity index (χ3n) is 3.95. The number of nitrogens with zero attached hydrogens (tertiary/aromatic N) is 3. The van der Waals surface area contributed by atoms with Crippen molar-refractivity contribution in [3.05, 3.63) is 60.6 Å². The van der Waals surface area contributed by atoms with Gasteiger partial charge in [-0.1, -0.05) is 63.8 Å². The third-order valence-corrected chi connectivity index (χ3v) is 3.95. The third kappa shape index (κ3) is 6.31. The Kier molecular flexibility index (Phi) is 8.33. The first-order valence-corrected chi connectivity index (χ1v) is 9.23. The van der Waals surface area contributed by atoms with Gasteiger partial charge in [-0.05, 0) is 24.6 Å². The lowest BCUT2D eigenvalue weighted by molar-refractivity contribution is -0.113. The van der Waals surface area contributed by atoms with Gasteiger partial charge in [-0.2, -0.15) is 5.10 Å². The highest BCUT2D eigenvalue weighted by molar-refractivity contribution is 5.87. The molecule has 0 saturated heterocycles. The van der Waals surface area contributed by atoms with E-state index in [0.717, 1.165) is 18.5 Å². The van der Waals surface area contributed by atoms with Crippen molar-refractivity contribution in [2.24, 2.45) is 4.99 Å². The second-order valence-electron chi connectivity index (χ2n) is 6.07. The Hall–Kier alpha value is -2.69. The summed E-state index contributed by atoms with van der Waals surface area (Å²) in [6.07, 6.45) is 9.92. The lowest BCUT2D eigenvalue weighted by Crippen LogP contribution is -2.15. The van der Waals surface area contributed by atoms with E-state index in [1.54, 1.807) is 16.9 Å². The van der Waals surface area contributed by atoms with Crippen LogP contribution in [0.15, 0.2) is 60.2 Å². The molecule has 0 aliphatic carbocycles. The van der Waals surface area contributed by atoms with Gasteiger partial charge in [-0.15, -0.1) is 0 Å². The first kappa shape index (κ1) is 19.6. The Labute approximate surface area is 155 Å². The van der Waals surface area contributed by atoms with Crippen LogP contribution in [0.4, 0.5) is 0 Å². The summed E-state index contributed by atoms with van der Waals surface area (Å²) in [7, 11) is 0. The Bertz CT molecular complexity index is 766. The number of benzene rings is 1. The second-order valence-corrected chi connectivity index (χ2v) is 6.07. The maximum Gasteiger partial charge on any atom is 0.269 e. The molecule has 0 spiro atoms. The Balaban J connectivity index is 2.12. The van der Waals surface area contributed by atoms with Gasteiger partial charge in [0.2, 0.25) is 5.88 Å². The number of unbranched alkanes of at least 4 members (excludes halogenated alkanes) is 5. The summed E-state index contributed by atoms with van der Waals surface area (Å²) >= 11 is 0. The lowest BCUT2D eigenvalue weighted by atomic mass is 10.1. The molecule has 1 aromatic carbocycles. The zero-order valence-electron chi connectivity index (χ0n) is 15.4. The average Bonchev–Trinajstić information content (AvgIpc) is 2.68. The van der Waals surface area contributed by atoms with E-state index in [-0.39, 0.29) is 0 Å². The molecule has 1 heterocycles. The number of hydrogen-bond acceptors (Lipinski definition) is 3. The molecular weight excluding hydrogens is 326 g/mol. The molecule has 0 fully saturated rings. The summed E-state index contributed by atoms with van der Waals surface area (Å²) < 4.78 is 7.67. The van der Waals surface area contributed by atoms with Crippen molar-refractivity contribution in [3.63, 3.8) is 0 Å². The molecular formula is C21H27N3O2. The Morgan fingerprint density at radius 1 is 1.19 bits per heavy atom. The smallest absolute Gasteiger partial charge is 0.269 e. The van der Waals surface area contributed by atoms with Gasteiger partial charge in [-0.25, -0.2) is 9.67 Å². The molecule has 0 unspecified atom stereocenters. The molecule has 1 amide bonds. The number of carbonyl (C=O) groups excluding carboxylic acids is 1. The SMILES string of the molecule is C=CC(=O)N=c1cnn(-c2ccccc2)c(OCCCCCCCC)c1. The van der Waals surface area contributed by atoms with Gasteiger partial charge in [0.1, 0.15) is 0 Å². The van der Waals surface area contributed by atoms with Crippen molar-refractivity contribution >= 4 is 5.91 Å². The van der Waals surface area contributed by atoms with Crippen molar-refractivity contribution in [1.29, 1.82) is 0 Å². The minimum absolute atomic E-state index is 0.397. The molecule has 2 rings (SSSR count). The summed E-state index contributed by atoms with van der Waals surface area (Å²) in [5, 5.41) is 4.85. The molecule has 0 N–H and O–H groups in total. The molecule has 1 aromatic heterocycles. The van der Waals surface area contributed by atoms with Gasteiger partial charge in [-0.3, -0.25) is 4.79 Å². The Morgan fingerprint density at radius 2 is 1.92 bits per heavy atom. The zero-order chi connectivity index (χ0) is 18.6. The maximum atomic E-state index is 11.5. The van der Waals surface area contributed by atoms with Gasteiger partial charge in [0.25, 0.3) is 5.91 Å². The van der Waals surface area contributed by atoms with Crippen LogP contribution >= 0.6 is 0 Å². The highest BCUT2D eigenvalue weighted by atomic mass is 16.5. The van der Waals surface area contributed by atoms with Crippen LogP contribution in [0, 0.1) is 0 Å². The van der Waals surface area contributed by atoms with Crippen molar-refractivity contribution in [1.82, 2.24) is 9.78 Å². The largest absolute Gasteiger partial charge is 0.478 e. The molecule has 2 aromatic rings. The van der Waals surface area contributed by atoms with Crippen LogP contribution in [0.5, 0.6) is 5.88 Å². The fourth-order valence-electron chi connectivity index (χ4n) is 2.56. The fraction of sp³-hybridized carbons (Fsp3) is 0.381. The number of hydrogen-bond donors (Lipinski definition) is 0. The van der Waals surface area contributed by atoms with Crippen molar-refractivity contribution in [2.75, 3.05) is 6.61 Å². The molecule has 0 aliphatic rings. The van der Waals surface area contributed by atoms with Gasteiger partial charge >= 0.3 is 0 Å². The minimum Gasteiger partial charge on any atom is -0.478 e. The highest BCUT2D eigenvalue weighted by Gasteiger charge is 2.06. The number of aromatic nitrogens is 2. The van der Waals surface area contributed by atoms with Crippen LogP contribution in [0.3, 0.4) is 0 Å². The molecule has 138 valence electrons. The van der Waals surface area contributed by atoms with Gasteiger partial charge in [0.05, 0.1) is 23.8 Å². The predicted molar refractivity (Wildman–Crippen MR) is 103 cm³/mol. The van der Waals surface area contributed by atoms with E-state index >= 15 is 0 Å². The second kappa shape index (κ2) is 11.0. The first-order chi connectivity index (χ1) is 12.7. The van der Waals surface area contributed by atoms with Gasteiger partial charge in [0.15, 0.2) is 0 Å². The van der Waals surface area contributed by atoms with Crippen LogP contribution in [0.25, 0.3) is 5.69 Å². The Morgan fingerprint density at radius 3 is 2.65 bits per heavy atom. The normalized spacial score (nSPS) is 11.3. The van der Waals surface area contributed by atoms with Crippen LogP contribution in [0.2, 0.25) is 0 Å². The van der Waals surface area contributed by atoms with Crippen molar-refractivity contribution < 1.29 is 9.53 Å². The van der Waals surface area contributed by atoms with Crippen LogP contribution in [-0.4, -0.2) is 22.3 Å². The van der Waals surface area contributed by atoms with Crippen molar-refractivity contribution in [2.45, 2.75) is 45.4 Å². The number of ether oxygens (including phenoxy) is 1. The maximum absolute atomic E-state index is 11.5. The molecule has 0 aliphatic heterocycles. The van der Waals surface area contributed by atoms with Gasteiger partial charge in [0, 0.05) is 6.07 Å². The number of rotatable bonds is 10. The van der Waals surface area contributed by atoms with Crippen molar-refractivity contribution in [3.8, 4) is 11.6 Å². The van der Waals surface area contributed by atoms with E-state index in [1.165, 1.54) is 31.8 Å². The summed E-state index contributed by atoms with van der Waals surface area (Å²) in [4.78, 5) is 15.4. The topological polar surface area (TPSA) is 56.5 Å². The monoisotopic (exact) mass is 353 g/mol. The van der Waals surface area contributed by atoms with Crippen LogP contribution in [0.1, 0.15) is 45.4 Å². The molecule has 0 bridgehead atoms. The molecule has 5 heteroatoms. The molecule has 5 nitrogen and oxygen atoms in total. The zero-order valence-corrected chi connectivity index (χ0v) is 15.4. The van der Waals surface area contributed by atoms with E-state index in [9.17, 15) is 4.79 Å². The molecule has 26 heavy (non-hydrogen) atoms. The van der Waals surface area contributed by atoms with E-state index in [4.69, 9.17) is 4.74 Å². The fourth-order valence-corrected chi connectivity index (χ4v) is 2.56. The van der Waals surface area contributed by atoms with Crippen LogP contribution in [-0.2, 0) is 4.79 Å². The standard InChI is InChI=1S/C21H27N3O2/c1-3-5-6-7-8-12-15-26-21-16-18(23-20(25)4-2)17-22-24(21)19-13-10-9-11-14-19/h4,9-11,13-14,16-17H,2-3,5-8,12,15H2,1H3. The first-order valence-electron chi connectivity index (χ1n) is 9.23. The van der Waals surface area contributed by atoms with E-state index in [2.05, 4.69) is 23.6 Å². The van der Waals surface area contributed by atoms with Gasteiger partial charge < -0.3 is 4.74 Å². The molecule has 0 radical (unpaired) electrons. The number of amides is 1. The van der Waals surface area contributed by atoms with E-state index in [1.807, 2.05) is 30.3 Å². The van der Waals surface area contributed by atoms with Crippen LogP contribution < -0.4 is 10.1 Å². The minimum atomic E-state index is -0.397. The summed E-state index contributed by atoms with van der Waals surface area (Å²) in [6, 6.07) is 11.5. The highest BCUT2D eigenvalue weighted by Crippen LogP contribution is 2.15. The quantitative estimate of drug-likeness (QED) is 0.474. The average molecular weight is 353 g/mol. The lowest BCUT2D eigenvalue weighted by Gasteiger charge is -2.13. The molecule has 0 saturated carbocycles. The van der Waals surface area contributed by atoms with E-state index < -0.39 is 5.91 Å². The summed E-state index contributed by atoms with van der Waals surface area (Å²) in [5.41, 5.74) is 0.895. The van der Waals surface area contributed by atoms with E-state index in [0.29, 0.717) is 17.8 Å². The summed E-state index contributed by atoms with van der Waals surface area (Å²) in [5.74, 6) is 0.175.